The van der Waals surface area contributed by atoms with Crippen molar-refractivity contribution in [3.05, 3.63) is 0 Å². The summed E-state index contributed by atoms with van der Waals surface area (Å²) in [7, 11) is 0. The third-order valence-corrected chi connectivity index (χ3v) is 7.24. The van der Waals surface area contributed by atoms with Crippen molar-refractivity contribution < 1.29 is 115 Å². The van der Waals surface area contributed by atoms with Gasteiger partial charge in [0.05, 0.1) is 12.1 Å². The first-order chi connectivity index (χ1) is 24.8. The predicted octanol–water partition coefficient (Wildman–Crippen LogP) is -0.524. The molecule has 0 aromatic rings. The largest absolute Gasteiger partial charge is 0.471 e. The SMILES string of the molecule is CC(=O)O[C@@H]1[C@@H](NC(=O)C(F)(F)F)[C@@H](O[C@H]2[C@H](O)[C@@H](OC(C)=O)[C@H](NC(=O)C(F)(F)F)C[C@@H]2NC(=O)C(F)(F)F)O[C@H](CNC(=O)C(F)(F)F)[C@H]1OC(C)=O. The highest BCUT2D eigenvalue weighted by atomic mass is 19.4. The minimum atomic E-state index is -5.85. The van der Waals surface area contributed by atoms with Crippen LogP contribution in [0.1, 0.15) is 27.2 Å². The lowest BCUT2D eigenvalue weighted by Gasteiger charge is -2.49. The molecular formula is C26H28F12N4O13. The first-order valence-electron chi connectivity index (χ1n) is 14.8. The van der Waals surface area contributed by atoms with E-state index in [2.05, 4.69) is 0 Å². The molecule has 55 heavy (non-hydrogen) atoms. The van der Waals surface area contributed by atoms with E-state index in [0.717, 1.165) is 0 Å². The number of hydrogen-bond donors (Lipinski definition) is 5. The summed E-state index contributed by atoms with van der Waals surface area (Å²) in [4.78, 5) is 83.3. The van der Waals surface area contributed by atoms with Crippen molar-refractivity contribution in [3.8, 4) is 0 Å². The Kier molecular flexibility index (Phi) is 14.7. The standard InChI is InChI=1S/C26H28F12N4O13/c1-6(43)51-14-9(40-20(48)24(30,31)32)4-10(41-21(49)25(33,34)35)15(13(14)46)55-18-12(42-22(50)26(36,37)38)17(53-8(3)45)16(52-7(2)44)11(54-18)5-39-19(47)23(27,28)29/h9-18,46H,4-5H2,1-3H3,(H,39,47)(H,40,48)(H,41,49)(H,42,50)/t9-,10+,11-,12-,13-,14+,15-,16-,17-,18-/m1/s1. The Labute approximate surface area is 298 Å². The van der Waals surface area contributed by atoms with Gasteiger partial charge in [-0.25, -0.2) is 0 Å². The number of carbonyl (C=O) groups is 7. The Morgan fingerprint density at radius 1 is 0.582 bits per heavy atom. The van der Waals surface area contributed by atoms with Crippen molar-refractivity contribution in [3.63, 3.8) is 0 Å². The molecule has 2 rings (SSSR count). The lowest BCUT2D eigenvalue weighted by Crippen LogP contribution is -2.71. The molecule has 0 radical (unpaired) electrons. The molecule has 5 N–H and O–H groups in total. The van der Waals surface area contributed by atoms with Crippen LogP contribution in [0.25, 0.3) is 0 Å². The molecule has 0 aromatic heterocycles. The number of carbonyl (C=O) groups excluding carboxylic acids is 7. The Morgan fingerprint density at radius 3 is 1.38 bits per heavy atom. The summed E-state index contributed by atoms with van der Waals surface area (Å²) in [6.45, 7) is 0.273. The Balaban J connectivity index is 2.82. The van der Waals surface area contributed by atoms with Gasteiger partial charge in [-0.05, 0) is 6.42 Å². The first kappa shape index (κ1) is 46.5. The average molecular weight is 833 g/mol. The zero-order valence-electron chi connectivity index (χ0n) is 27.6. The molecule has 314 valence electrons. The summed E-state index contributed by atoms with van der Waals surface area (Å²) in [6, 6.07) is -7.59. The second-order valence-electron chi connectivity index (χ2n) is 11.5. The van der Waals surface area contributed by atoms with Crippen LogP contribution in [0.15, 0.2) is 0 Å². The van der Waals surface area contributed by atoms with Gasteiger partial charge in [-0.3, -0.25) is 33.6 Å². The van der Waals surface area contributed by atoms with Crippen molar-refractivity contribution >= 4 is 41.5 Å². The van der Waals surface area contributed by atoms with Crippen LogP contribution in [-0.2, 0) is 57.2 Å². The fourth-order valence-corrected chi connectivity index (χ4v) is 5.19. The molecule has 17 nitrogen and oxygen atoms in total. The molecule has 2 aliphatic rings. The molecule has 2 fully saturated rings. The number of aliphatic hydroxyl groups excluding tert-OH is 1. The summed E-state index contributed by atoms with van der Waals surface area (Å²) >= 11 is 0. The molecule has 1 heterocycles. The lowest BCUT2D eigenvalue weighted by molar-refractivity contribution is -0.298. The van der Waals surface area contributed by atoms with Crippen LogP contribution >= 0.6 is 0 Å². The van der Waals surface area contributed by atoms with Gasteiger partial charge in [-0.2, -0.15) is 52.7 Å². The molecule has 1 aliphatic carbocycles. The van der Waals surface area contributed by atoms with E-state index in [1.807, 2.05) is 0 Å². The Bertz CT molecular complexity index is 1470. The topological polar surface area (TPSA) is 234 Å². The predicted molar refractivity (Wildman–Crippen MR) is 144 cm³/mol. The monoisotopic (exact) mass is 832 g/mol. The highest BCUT2D eigenvalue weighted by Crippen LogP contribution is 2.34. The molecule has 4 amide bonds. The van der Waals surface area contributed by atoms with E-state index in [-0.39, 0.29) is 0 Å². The molecule has 1 saturated heterocycles. The number of rotatable bonds is 10. The van der Waals surface area contributed by atoms with Gasteiger partial charge < -0.3 is 50.1 Å². The first-order valence-corrected chi connectivity index (χ1v) is 14.8. The molecule has 29 heteroatoms. The molecule has 0 unspecified atom stereocenters. The third kappa shape index (κ3) is 13.0. The molecule has 0 bridgehead atoms. The maximum atomic E-state index is 13.5. The fraction of sp³-hybridized carbons (Fsp3) is 0.731. The fourth-order valence-electron chi connectivity index (χ4n) is 5.19. The second-order valence-corrected chi connectivity index (χ2v) is 11.5. The second kappa shape index (κ2) is 17.4. The summed E-state index contributed by atoms with van der Waals surface area (Å²) in [5.74, 6) is -15.8. The van der Waals surface area contributed by atoms with Crippen LogP contribution in [0.4, 0.5) is 52.7 Å². The van der Waals surface area contributed by atoms with Gasteiger partial charge in [0.2, 0.25) is 0 Å². The van der Waals surface area contributed by atoms with Crippen LogP contribution < -0.4 is 21.3 Å². The Hall–Kier alpha value is -4.67. The van der Waals surface area contributed by atoms with E-state index < -0.39 is 140 Å². The van der Waals surface area contributed by atoms with Crippen LogP contribution in [-0.4, -0.2) is 139 Å². The van der Waals surface area contributed by atoms with E-state index in [4.69, 9.17) is 23.7 Å². The summed E-state index contributed by atoms with van der Waals surface area (Å²) < 4.78 is 184. The van der Waals surface area contributed by atoms with Gasteiger partial charge in [0.25, 0.3) is 0 Å². The van der Waals surface area contributed by atoms with Crippen molar-refractivity contribution in [1.82, 2.24) is 21.3 Å². The number of nitrogens with one attached hydrogen (secondary N) is 4. The molecule has 1 saturated carbocycles. The highest BCUT2D eigenvalue weighted by molar-refractivity contribution is 5.83. The number of amides is 4. The zero-order valence-corrected chi connectivity index (χ0v) is 27.6. The summed E-state index contributed by atoms with van der Waals surface area (Å²) in [5, 5.41) is 16.0. The highest BCUT2D eigenvalue weighted by Gasteiger charge is 2.58. The molecule has 0 spiro atoms. The minimum absolute atomic E-state index is 0.561. The van der Waals surface area contributed by atoms with Gasteiger partial charge in [0.15, 0.2) is 24.6 Å². The maximum absolute atomic E-state index is 13.5. The maximum Gasteiger partial charge on any atom is 0.471 e. The molecule has 1 aliphatic heterocycles. The van der Waals surface area contributed by atoms with E-state index in [1.165, 1.54) is 21.3 Å². The zero-order chi connectivity index (χ0) is 42.6. The summed E-state index contributed by atoms with van der Waals surface area (Å²) in [6.07, 6.45) is -42.5. The van der Waals surface area contributed by atoms with E-state index >= 15 is 0 Å². The molecule has 0 aromatic carbocycles. The van der Waals surface area contributed by atoms with Crippen molar-refractivity contribution in [2.75, 3.05) is 6.54 Å². The number of ether oxygens (including phenoxy) is 5. The van der Waals surface area contributed by atoms with Gasteiger partial charge >= 0.3 is 66.2 Å². The minimum Gasteiger partial charge on any atom is -0.457 e. The van der Waals surface area contributed by atoms with E-state index in [1.54, 1.807) is 0 Å². The smallest absolute Gasteiger partial charge is 0.457 e. The lowest BCUT2D eigenvalue weighted by atomic mass is 9.83. The van der Waals surface area contributed by atoms with Gasteiger partial charge in [0.1, 0.15) is 24.4 Å². The number of halogens is 12. The van der Waals surface area contributed by atoms with Crippen LogP contribution in [0.3, 0.4) is 0 Å². The van der Waals surface area contributed by atoms with Crippen LogP contribution in [0, 0.1) is 0 Å². The van der Waals surface area contributed by atoms with Gasteiger partial charge in [0, 0.05) is 27.3 Å². The van der Waals surface area contributed by atoms with Crippen molar-refractivity contribution in [1.29, 1.82) is 0 Å². The van der Waals surface area contributed by atoms with Gasteiger partial charge in [-0.1, -0.05) is 0 Å². The quantitative estimate of drug-likeness (QED) is 0.106. The number of alkyl halides is 12. The molecular weight excluding hydrogens is 804 g/mol. The summed E-state index contributed by atoms with van der Waals surface area (Å²) in [5.41, 5.74) is 0. The molecule has 10 atom stereocenters. The van der Waals surface area contributed by atoms with Gasteiger partial charge in [-0.15, -0.1) is 0 Å². The average Bonchev–Trinajstić information content (AvgIpc) is 2.99. The van der Waals surface area contributed by atoms with E-state index in [0.29, 0.717) is 20.8 Å². The van der Waals surface area contributed by atoms with Crippen molar-refractivity contribution in [2.45, 2.75) is 113 Å². The third-order valence-electron chi connectivity index (χ3n) is 7.24. The van der Waals surface area contributed by atoms with Crippen LogP contribution in [0.5, 0.6) is 0 Å². The number of hydrogen-bond acceptors (Lipinski definition) is 13. The number of esters is 3. The van der Waals surface area contributed by atoms with Crippen molar-refractivity contribution in [2.24, 2.45) is 0 Å². The number of aliphatic hydroxyl groups is 1. The van der Waals surface area contributed by atoms with Crippen LogP contribution in [0.2, 0.25) is 0 Å². The Morgan fingerprint density at radius 2 is 0.964 bits per heavy atom. The normalized spacial score (nSPS) is 28.9. The van der Waals surface area contributed by atoms with E-state index in [9.17, 15) is 91.4 Å².